The molecule has 1 heterocycles. The van der Waals surface area contributed by atoms with Crippen molar-refractivity contribution in [1.29, 1.82) is 0 Å². The van der Waals surface area contributed by atoms with E-state index in [2.05, 4.69) is 15.3 Å². The summed E-state index contributed by atoms with van der Waals surface area (Å²) < 4.78 is 65.0. The number of oxime groups is 1. The summed E-state index contributed by atoms with van der Waals surface area (Å²) in [6, 6.07) is 1.66. The summed E-state index contributed by atoms with van der Waals surface area (Å²) in [7, 11) is 0. The molecule has 2 amide bonds. The molecule has 0 bridgehead atoms. The van der Waals surface area contributed by atoms with E-state index in [9.17, 15) is 36.3 Å². The maximum atomic E-state index is 14.0. The van der Waals surface area contributed by atoms with Crippen molar-refractivity contribution in [3.05, 3.63) is 35.4 Å². The fraction of sp³-hybridized carbons (Fsp3) is 0.524. The van der Waals surface area contributed by atoms with Gasteiger partial charge in [-0.15, -0.1) is 0 Å². The van der Waals surface area contributed by atoms with Crippen LogP contribution in [0.2, 0.25) is 0 Å². The number of halogens is 5. The highest BCUT2D eigenvalue weighted by Gasteiger charge is 2.36. The molecule has 1 saturated heterocycles. The third-order valence-corrected chi connectivity index (χ3v) is 5.17. The summed E-state index contributed by atoms with van der Waals surface area (Å²) in [5.41, 5.74) is -1.41. The van der Waals surface area contributed by atoms with Crippen molar-refractivity contribution in [2.45, 2.75) is 64.8 Å². The molecule has 1 fully saturated rings. The Morgan fingerprint density at radius 2 is 1.94 bits per heavy atom. The van der Waals surface area contributed by atoms with Crippen LogP contribution >= 0.6 is 0 Å². The van der Waals surface area contributed by atoms with E-state index in [1.807, 2.05) is 0 Å². The van der Waals surface area contributed by atoms with Crippen LogP contribution in [0, 0.1) is 17.6 Å². The molecular weight excluding hydrogens is 453 g/mol. The molecule has 2 atom stereocenters. The first-order valence-electron chi connectivity index (χ1n) is 10.2. The number of benzene rings is 1. The van der Waals surface area contributed by atoms with Crippen molar-refractivity contribution in [2.24, 2.45) is 11.1 Å². The van der Waals surface area contributed by atoms with E-state index in [4.69, 9.17) is 0 Å². The van der Waals surface area contributed by atoms with Gasteiger partial charge in [-0.05, 0) is 25.3 Å². The van der Waals surface area contributed by atoms with Crippen molar-refractivity contribution >= 4 is 23.5 Å². The maximum Gasteiger partial charge on any atom is 0.432 e. The lowest BCUT2D eigenvalue weighted by atomic mass is 10.0. The fourth-order valence-electron chi connectivity index (χ4n) is 3.24. The van der Waals surface area contributed by atoms with Gasteiger partial charge in [-0.2, -0.15) is 13.2 Å². The number of amides is 2. The second-order valence-corrected chi connectivity index (χ2v) is 8.01. The Morgan fingerprint density at radius 3 is 2.55 bits per heavy atom. The van der Waals surface area contributed by atoms with Crippen molar-refractivity contribution in [3.63, 3.8) is 0 Å². The van der Waals surface area contributed by atoms with E-state index in [-0.39, 0.29) is 37.3 Å². The van der Waals surface area contributed by atoms with Crippen LogP contribution in [0.25, 0.3) is 0 Å². The van der Waals surface area contributed by atoms with Crippen LogP contribution in [-0.4, -0.2) is 46.7 Å². The van der Waals surface area contributed by atoms with Gasteiger partial charge in [-0.25, -0.2) is 13.6 Å². The molecule has 0 aromatic heterocycles. The quantitative estimate of drug-likeness (QED) is 0.269. The van der Waals surface area contributed by atoms with Crippen LogP contribution < -0.4 is 5.32 Å². The number of hydrogen-bond acceptors (Lipinski definition) is 5. The standard InChI is InChI=1S/C21H24F5N3O4/c1-11(2)19(20(32)33-28-12(3)21(24,25)26)27-16(30)9-14-7-8-17(31)29(14)10-13-5-4-6-15(22)18(13)23/h4-6,11,14,19H,7-10H2,1-3H3,(H,27,30)/b28-12+/t14-,19+/m0/s1. The van der Waals surface area contributed by atoms with E-state index < -0.39 is 53.4 Å². The molecule has 0 aliphatic carbocycles. The maximum absolute atomic E-state index is 14.0. The van der Waals surface area contributed by atoms with Gasteiger partial charge in [0.25, 0.3) is 0 Å². The Kier molecular flexibility index (Phi) is 8.51. The third-order valence-electron chi connectivity index (χ3n) is 5.17. The Morgan fingerprint density at radius 1 is 1.27 bits per heavy atom. The molecule has 1 aromatic rings. The molecule has 12 heteroatoms. The lowest BCUT2D eigenvalue weighted by Gasteiger charge is -2.26. The highest BCUT2D eigenvalue weighted by molar-refractivity contribution is 5.89. The second-order valence-electron chi connectivity index (χ2n) is 8.01. The average Bonchev–Trinajstić information content (AvgIpc) is 3.05. The van der Waals surface area contributed by atoms with Crippen LogP contribution in [0.1, 0.15) is 45.6 Å². The predicted octanol–water partition coefficient (Wildman–Crippen LogP) is 3.47. The molecule has 182 valence electrons. The molecule has 2 rings (SSSR count). The molecule has 7 nitrogen and oxygen atoms in total. The minimum atomic E-state index is -4.77. The molecule has 0 radical (unpaired) electrons. The highest BCUT2D eigenvalue weighted by atomic mass is 19.4. The number of carbonyl (C=O) groups excluding carboxylic acids is 3. The lowest BCUT2D eigenvalue weighted by molar-refractivity contribution is -0.150. The molecule has 1 aliphatic rings. The van der Waals surface area contributed by atoms with Crippen LogP contribution in [0.3, 0.4) is 0 Å². The van der Waals surface area contributed by atoms with Crippen LogP contribution in [0.5, 0.6) is 0 Å². The SMILES string of the molecule is C/C(=N\OC(=O)[C@H](NC(=O)C[C@@H]1CCC(=O)N1Cc1cccc(F)c1F)C(C)C)C(F)(F)F. The van der Waals surface area contributed by atoms with Gasteiger partial charge in [-0.3, -0.25) is 9.59 Å². The van der Waals surface area contributed by atoms with Gasteiger partial charge in [0, 0.05) is 31.0 Å². The molecule has 1 aliphatic heterocycles. The highest BCUT2D eigenvalue weighted by Crippen LogP contribution is 2.25. The summed E-state index contributed by atoms with van der Waals surface area (Å²) >= 11 is 0. The number of nitrogens with zero attached hydrogens (tertiary/aromatic N) is 2. The van der Waals surface area contributed by atoms with Gasteiger partial charge < -0.3 is 15.1 Å². The molecule has 33 heavy (non-hydrogen) atoms. The number of rotatable bonds is 8. The Hall–Kier alpha value is -3.05. The van der Waals surface area contributed by atoms with E-state index in [1.165, 1.54) is 17.0 Å². The molecule has 0 saturated carbocycles. The Balaban J connectivity index is 2.04. The topological polar surface area (TPSA) is 88.1 Å². The molecule has 0 spiro atoms. The van der Waals surface area contributed by atoms with Gasteiger partial charge in [0.15, 0.2) is 17.3 Å². The summed E-state index contributed by atoms with van der Waals surface area (Å²) in [6.45, 7) is 3.49. The van der Waals surface area contributed by atoms with Crippen LogP contribution in [0.15, 0.2) is 23.4 Å². The number of hydrogen-bond donors (Lipinski definition) is 1. The van der Waals surface area contributed by atoms with Gasteiger partial charge >= 0.3 is 12.1 Å². The van der Waals surface area contributed by atoms with Gasteiger partial charge in [-0.1, -0.05) is 31.1 Å². The van der Waals surface area contributed by atoms with Crippen molar-refractivity contribution < 1.29 is 41.2 Å². The zero-order chi connectivity index (χ0) is 24.9. The summed E-state index contributed by atoms with van der Waals surface area (Å²) in [6.07, 6.45) is -4.62. The minimum Gasteiger partial charge on any atom is -0.342 e. The first kappa shape index (κ1) is 26.2. The van der Waals surface area contributed by atoms with Crippen molar-refractivity contribution in [3.8, 4) is 0 Å². The zero-order valence-corrected chi connectivity index (χ0v) is 18.2. The third kappa shape index (κ3) is 6.96. The Bertz CT molecular complexity index is 933. The van der Waals surface area contributed by atoms with Crippen LogP contribution in [0.4, 0.5) is 22.0 Å². The van der Waals surface area contributed by atoms with E-state index in [1.54, 1.807) is 13.8 Å². The van der Waals surface area contributed by atoms with E-state index in [0.717, 1.165) is 6.07 Å². The monoisotopic (exact) mass is 477 g/mol. The largest absolute Gasteiger partial charge is 0.432 e. The van der Waals surface area contributed by atoms with Crippen LogP contribution in [-0.2, 0) is 25.8 Å². The number of nitrogens with one attached hydrogen (secondary N) is 1. The lowest BCUT2D eigenvalue weighted by Crippen LogP contribution is -2.47. The molecule has 0 unspecified atom stereocenters. The molecular formula is C21H24F5N3O4. The summed E-state index contributed by atoms with van der Waals surface area (Å²) in [4.78, 5) is 42.5. The second kappa shape index (κ2) is 10.7. The van der Waals surface area contributed by atoms with Crippen molar-refractivity contribution in [2.75, 3.05) is 0 Å². The smallest absolute Gasteiger partial charge is 0.342 e. The predicted molar refractivity (Wildman–Crippen MR) is 107 cm³/mol. The van der Waals surface area contributed by atoms with Gasteiger partial charge in [0.05, 0.1) is 0 Å². The number of likely N-dealkylation sites (tertiary alicyclic amines) is 1. The van der Waals surface area contributed by atoms with E-state index >= 15 is 0 Å². The fourth-order valence-corrected chi connectivity index (χ4v) is 3.24. The number of alkyl halides is 3. The minimum absolute atomic E-state index is 0.0443. The first-order chi connectivity index (χ1) is 15.3. The normalized spacial score (nSPS) is 18.0. The van der Waals surface area contributed by atoms with E-state index in [0.29, 0.717) is 6.92 Å². The molecule has 1 aromatic carbocycles. The average molecular weight is 477 g/mol. The zero-order valence-electron chi connectivity index (χ0n) is 18.2. The van der Waals surface area contributed by atoms with Gasteiger partial charge in [0.1, 0.15) is 6.04 Å². The summed E-state index contributed by atoms with van der Waals surface area (Å²) in [5.74, 6) is -4.86. The molecule has 1 N–H and O–H groups in total. The Labute approximate surface area is 186 Å². The summed E-state index contributed by atoms with van der Waals surface area (Å²) in [5, 5.41) is 5.15. The van der Waals surface area contributed by atoms with Crippen molar-refractivity contribution in [1.82, 2.24) is 10.2 Å². The number of carbonyl (C=O) groups is 3. The first-order valence-corrected chi connectivity index (χ1v) is 10.2. The van der Waals surface area contributed by atoms with Gasteiger partial charge in [0.2, 0.25) is 11.8 Å².